The number of aromatic nitrogens is 6. The Morgan fingerprint density at radius 2 is 0.985 bits per heavy atom. The maximum atomic E-state index is 13.5. The number of thioether (sulfide) groups is 2. The van der Waals surface area contributed by atoms with Crippen LogP contribution in [0.15, 0.2) is 130 Å². The van der Waals surface area contributed by atoms with Gasteiger partial charge < -0.3 is 18.9 Å². The molecule has 4 aromatic heterocycles. The molecular formula is C48H40N8O6S4. The minimum atomic E-state index is -0.456. The van der Waals surface area contributed by atoms with Crippen molar-refractivity contribution in [1.29, 1.82) is 0 Å². The van der Waals surface area contributed by atoms with Crippen LogP contribution in [0, 0.1) is 0 Å². The van der Waals surface area contributed by atoms with Crippen molar-refractivity contribution in [2.24, 2.45) is 10.2 Å². The van der Waals surface area contributed by atoms with E-state index in [0.29, 0.717) is 56.7 Å². The third-order valence-corrected chi connectivity index (χ3v) is 15.1. The van der Waals surface area contributed by atoms with Gasteiger partial charge in [-0.25, -0.2) is 9.59 Å². The fourth-order valence-corrected chi connectivity index (χ4v) is 11.8. The summed E-state index contributed by atoms with van der Waals surface area (Å²) in [5, 5.41) is 29.7. The van der Waals surface area contributed by atoms with Gasteiger partial charge in [-0.15, -0.1) is 43.1 Å². The van der Waals surface area contributed by atoms with Crippen molar-refractivity contribution < 1.29 is 28.5 Å². The molecule has 0 N–H and O–H groups in total. The molecule has 8 aromatic rings. The molecule has 18 heteroatoms. The number of carbonyl (C=O) groups is 2. The topological polar surface area (TPSA) is 157 Å². The third-order valence-electron chi connectivity index (χ3n) is 10.7. The molecule has 0 radical (unpaired) electrons. The van der Waals surface area contributed by atoms with E-state index in [9.17, 15) is 9.59 Å². The number of thiophene rings is 2. The summed E-state index contributed by atoms with van der Waals surface area (Å²) < 4.78 is 28.3. The lowest BCUT2D eigenvalue weighted by Crippen LogP contribution is -2.15. The molecule has 0 saturated heterocycles. The lowest BCUT2D eigenvalue weighted by Gasteiger charge is -2.15. The predicted molar refractivity (Wildman–Crippen MR) is 257 cm³/mol. The Morgan fingerprint density at radius 1 is 0.561 bits per heavy atom. The van der Waals surface area contributed by atoms with Crippen LogP contribution in [0.4, 0.5) is 0 Å². The highest BCUT2D eigenvalue weighted by molar-refractivity contribution is 8.00. The Kier molecular flexibility index (Phi) is 12.8. The Morgan fingerprint density at radius 3 is 1.39 bits per heavy atom. The summed E-state index contributed by atoms with van der Waals surface area (Å²) in [6.45, 7) is 4.04. The van der Waals surface area contributed by atoms with E-state index in [0.717, 1.165) is 65.0 Å². The van der Waals surface area contributed by atoms with Crippen molar-refractivity contribution in [3.05, 3.63) is 164 Å². The highest BCUT2D eigenvalue weighted by Crippen LogP contribution is 2.43. The van der Waals surface area contributed by atoms with Gasteiger partial charge in [-0.2, -0.15) is 19.6 Å². The van der Waals surface area contributed by atoms with E-state index in [4.69, 9.17) is 29.2 Å². The Hall–Kier alpha value is -6.60. The molecule has 4 aromatic carbocycles. The van der Waals surface area contributed by atoms with Gasteiger partial charge in [0.15, 0.2) is 11.6 Å². The van der Waals surface area contributed by atoms with Gasteiger partial charge in [0.1, 0.15) is 34.5 Å². The second-order valence-corrected chi connectivity index (χ2v) is 19.2. The molecule has 6 heterocycles. The SMILES string of the molecule is CCOC(=O)c1sc2sc(C(=O)OCC)c(COc3ccc(C4=Nn5c(Cc6ccccc6)nnc5SC4)cc3)c2c1COc1ccc(C2=Nn3c(Cc4ccccc4)nnc3SC2)cc1. The Bertz CT molecular complexity index is 2900. The van der Waals surface area contributed by atoms with Crippen molar-refractivity contribution >= 4 is 79.0 Å². The number of rotatable bonds is 16. The maximum absolute atomic E-state index is 13.5. The van der Waals surface area contributed by atoms with Crippen molar-refractivity contribution in [3.63, 3.8) is 0 Å². The van der Waals surface area contributed by atoms with Crippen LogP contribution >= 0.6 is 46.2 Å². The van der Waals surface area contributed by atoms with Gasteiger partial charge in [0, 0.05) is 40.9 Å². The number of nitrogens with zero attached hydrogens (tertiary/aromatic N) is 8. The second kappa shape index (κ2) is 19.5. The number of fused-ring (bicyclic) bond motifs is 3. The molecule has 0 fully saturated rings. The fourth-order valence-electron chi connectivity index (χ4n) is 7.48. The minimum absolute atomic E-state index is 0.0409. The smallest absolute Gasteiger partial charge is 0.348 e. The average molecular weight is 953 g/mol. The highest BCUT2D eigenvalue weighted by Gasteiger charge is 2.30. The van der Waals surface area contributed by atoms with Gasteiger partial charge >= 0.3 is 11.9 Å². The van der Waals surface area contributed by atoms with Crippen LogP contribution < -0.4 is 9.47 Å². The highest BCUT2D eigenvalue weighted by atomic mass is 32.2. The Balaban J connectivity index is 0.885. The van der Waals surface area contributed by atoms with Crippen molar-refractivity contribution in [3.8, 4) is 11.5 Å². The number of hydrogen-bond donors (Lipinski definition) is 0. The van der Waals surface area contributed by atoms with E-state index in [-0.39, 0.29) is 26.4 Å². The summed E-state index contributed by atoms with van der Waals surface area (Å²) >= 11 is 5.74. The molecule has 0 amide bonds. The van der Waals surface area contributed by atoms with E-state index in [2.05, 4.69) is 44.7 Å². The van der Waals surface area contributed by atoms with Gasteiger partial charge in [0.25, 0.3) is 0 Å². The van der Waals surface area contributed by atoms with E-state index >= 15 is 0 Å². The molecule has 0 aliphatic carbocycles. The van der Waals surface area contributed by atoms with Crippen molar-refractivity contribution in [2.75, 3.05) is 24.7 Å². The number of ether oxygens (including phenoxy) is 4. The molecule has 0 spiro atoms. The van der Waals surface area contributed by atoms with Gasteiger partial charge in [-0.3, -0.25) is 0 Å². The lowest BCUT2D eigenvalue weighted by atomic mass is 10.1. The summed E-state index contributed by atoms with van der Waals surface area (Å²) in [4.78, 5) is 27.7. The predicted octanol–water partition coefficient (Wildman–Crippen LogP) is 9.55. The van der Waals surface area contributed by atoms with Crippen molar-refractivity contribution in [2.45, 2.75) is 50.2 Å². The quantitative estimate of drug-likeness (QED) is 0.0847. The fraction of sp³-hybridized carbons (Fsp3) is 0.208. The number of carbonyl (C=O) groups excluding carboxylic acids is 2. The molecule has 14 nitrogen and oxygen atoms in total. The summed E-state index contributed by atoms with van der Waals surface area (Å²) in [6, 6.07) is 35.7. The van der Waals surface area contributed by atoms with Crippen LogP contribution in [0.25, 0.3) is 9.40 Å². The maximum Gasteiger partial charge on any atom is 0.348 e. The van der Waals surface area contributed by atoms with Crippen LogP contribution in [0.2, 0.25) is 0 Å². The van der Waals surface area contributed by atoms with Gasteiger partial charge in [-0.1, -0.05) is 84.2 Å². The molecule has 0 bridgehead atoms. The summed E-state index contributed by atoms with van der Waals surface area (Å²) in [5.41, 5.74) is 7.16. The molecule has 2 aliphatic heterocycles. The van der Waals surface area contributed by atoms with Crippen LogP contribution in [0.3, 0.4) is 0 Å². The third kappa shape index (κ3) is 9.13. The normalized spacial score (nSPS) is 13.1. The van der Waals surface area contributed by atoms with Crippen molar-refractivity contribution in [1.82, 2.24) is 29.7 Å². The largest absolute Gasteiger partial charge is 0.489 e. The number of hydrogen-bond acceptors (Lipinski definition) is 16. The van der Waals surface area contributed by atoms with E-state index in [1.165, 1.54) is 22.7 Å². The Labute approximate surface area is 395 Å². The van der Waals surface area contributed by atoms with Gasteiger partial charge in [0.2, 0.25) is 10.3 Å². The van der Waals surface area contributed by atoms with Crippen LogP contribution in [0.5, 0.6) is 11.5 Å². The molecule has 2 aliphatic rings. The molecule has 66 heavy (non-hydrogen) atoms. The monoisotopic (exact) mass is 952 g/mol. The standard InChI is InChI=1S/C48H40N8O6S4/c1-3-59-44(57)42-35(25-61-33-19-15-31(16-20-33)37-27-63-47-51-49-39(55(47)53-37)23-29-11-7-5-8-12-29)41-36(43(45(58)60-4-2)66-46(41)65-42)26-62-34-21-17-32(18-22-34)38-28-64-48-52-50-40(56(48)54-38)24-30-13-9-6-10-14-30/h5-22H,3-4,23-28H2,1-2H3. The molecule has 10 rings (SSSR count). The number of esters is 2. The van der Waals surface area contributed by atoms with Crippen LogP contribution in [-0.4, -0.2) is 77.8 Å². The van der Waals surface area contributed by atoms with Gasteiger partial charge in [-0.05, 0) is 84.6 Å². The zero-order valence-electron chi connectivity index (χ0n) is 35.7. The van der Waals surface area contributed by atoms with E-state index in [1.807, 2.05) is 94.3 Å². The minimum Gasteiger partial charge on any atom is -0.489 e. The molecule has 0 saturated carbocycles. The molecular weight excluding hydrogens is 913 g/mol. The summed E-state index contributed by atoms with van der Waals surface area (Å²) in [5.74, 6) is 3.11. The first kappa shape index (κ1) is 43.3. The zero-order chi connectivity index (χ0) is 45.0. The lowest BCUT2D eigenvalue weighted by molar-refractivity contribution is 0.0520. The van der Waals surface area contributed by atoms with Gasteiger partial charge in [0.05, 0.1) is 28.7 Å². The summed E-state index contributed by atoms with van der Waals surface area (Å²) in [6.07, 6.45) is 1.24. The first-order valence-electron chi connectivity index (χ1n) is 21.2. The summed E-state index contributed by atoms with van der Waals surface area (Å²) in [7, 11) is 0. The molecule has 0 atom stereocenters. The van der Waals surface area contributed by atoms with Crippen LogP contribution in [0.1, 0.15) is 78.2 Å². The zero-order valence-corrected chi connectivity index (χ0v) is 39.0. The first-order chi connectivity index (χ1) is 32.4. The molecule has 332 valence electrons. The van der Waals surface area contributed by atoms with E-state index < -0.39 is 11.9 Å². The molecule has 0 unspecified atom stereocenters. The average Bonchev–Trinajstić information content (AvgIpc) is 4.13. The second-order valence-electron chi connectivity index (χ2n) is 15.0. The number of benzene rings is 4. The first-order valence-corrected chi connectivity index (χ1v) is 24.8. The van der Waals surface area contributed by atoms with E-state index in [1.54, 1.807) is 37.4 Å². The van der Waals surface area contributed by atoms with Crippen LogP contribution in [-0.2, 0) is 35.5 Å².